The van der Waals surface area contributed by atoms with Gasteiger partial charge in [0.15, 0.2) is 0 Å². The molecule has 0 bridgehead atoms. The smallest absolute Gasteiger partial charge is 0.133 e. The number of aromatic nitrogens is 2. The summed E-state index contributed by atoms with van der Waals surface area (Å²) in [4.78, 5) is 10.0. The van der Waals surface area contributed by atoms with Crippen molar-refractivity contribution in [3.05, 3.63) is 46.4 Å². The van der Waals surface area contributed by atoms with Crippen LogP contribution in [0.5, 0.6) is 0 Å². The maximum absolute atomic E-state index is 6.06. The van der Waals surface area contributed by atoms with Crippen LogP contribution >= 0.6 is 23.4 Å². The Morgan fingerprint density at radius 2 is 1.95 bits per heavy atom. The molecular weight excluding hydrogens is 276 g/mol. The van der Waals surface area contributed by atoms with E-state index in [1.54, 1.807) is 11.8 Å². The average Bonchev–Trinajstić information content (AvgIpc) is 2.33. The SMILES string of the molecule is CCCc1nc(Cl)cc(Sc2cc(C)ccc2C)n1. The molecule has 0 saturated heterocycles. The lowest BCUT2D eigenvalue weighted by Crippen LogP contribution is -1.96. The Bertz CT molecular complexity index is 584. The normalized spacial score (nSPS) is 10.7. The van der Waals surface area contributed by atoms with Crippen LogP contribution in [0.15, 0.2) is 34.2 Å². The molecule has 2 aromatic rings. The number of rotatable bonds is 4. The van der Waals surface area contributed by atoms with Crippen LogP contribution in [0.2, 0.25) is 5.15 Å². The highest BCUT2D eigenvalue weighted by Gasteiger charge is 2.07. The first-order valence-corrected chi connectivity index (χ1v) is 7.56. The maximum Gasteiger partial charge on any atom is 0.133 e. The van der Waals surface area contributed by atoms with Crippen molar-refractivity contribution < 1.29 is 0 Å². The van der Waals surface area contributed by atoms with Gasteiger partial charge >= 0.3 is 0 Å². The molecule has 2 nitrogen and oxygen atoms in total. The van der Waals surface area contributed by atoms with E-state index < -0.39 is 0 Å². The lowest BCUT2D eigenvalue weighted by Gasteiger charge is -2.07. The molecule has 0 aliphatic carbocycles. The summed E-state index contributed by atoms with van der Waals surface area (Å²) in [5.41, 5.74) is 2.50. The lowest BCUT2D eigenvalue weighted by molar-refractivity contribution is 0.809. The van der Waals surface area contributed by atoms with Crippen molar-refractivity contribution in [1.82, 2.24) is 9.97 Å². The van der Waals surface area contributed by atoms with Gasteiger partial charge in [0.1, 0.15) is 16.0 Å². The molecule has 100 valence electrons. The van der Waals surface area contributed by atoms with Gasteiger partial charge in [0, 0.05) is 17.4 Å². The number of nitrogens with zero attached hydrogens (tertiary/aromatic N) is 2. The molecule has 0 atom stereocenters. The molecule has 0 radical (unpaired) electrons. The van der Waals surface area contributed by atoms with E-state index in [4.69, 9.17) is 11.6 Å². The third-order valence-electron chi connectivity index (χ3n) is 2.75. The van der Waals surface area contributed by atoms with Crippen LogP contribution in [0.3, 0.4) is 0 Å². The fraction of sp³-hybridized carbons (Fsp3) is 0.333. The topological polar surface area (TPSA) is 25.8 Å². The van der Waals surface area contributed by atoms with Crippen molar-refractivity contribution in [2.45, 2.75) is 43.5 Å². The minimum atomic E-state index is 0.520. The van der Waals surface area contributed by atoms with Crippen LogP contribution < -0.4 is 0 Å². The van der Waals surface area contributed by atoms with Crippen LogP contribution in [0.1, 0.15) is 30.3 Å². The van der Waals surface area contributed by atoms with Gasteiger partial charge in [-0.05, 0) is 37.5 Å². The van der Waals surface area contributed by atoms with Crippen LogP contribution in [0.25, 0.3) is 0 Å². The fourth-order valence-corrected chi connectivity index (χ4v) is 3.05. The lowest BCUT2D eigenvalue weighted by atomic mass is 10.2. The molecule has 1 aromatic carbocycles. The van der Waals surface area contributed by atoms with Crippen LogP contribution in [0, 0.1) is 13.8 Å². The maximum atomic E-state index is 6.06. The van der Waals surface area contributed by atoms with E-state index >= 15 is 0 Å². The van der Waals surface area contributed by atoms with Crippen molar-refractivity contribution in [3.63, 3.8) is 0 Å². The number of hydrogen-bond acceptors (Lipinski definition) is 3. The summed E-state index contributed by atoms with van der Waals surface area (Å²) in [6.07, 6.45) is 1.88. The highest BCUT2D eigenvalue weighted by Crippen LogP contribution is 2.30. The van der Waals surface area contributed by atoms with E-state index in [0.717, 1.165) is 23.7 Å². The van der Waals surface area contributed by atoms with Gasteiger partial charge in [-0.15, -0.1) is 0 Å². The van der Waals surface area contributed by atoms with Gasteiger partial charge in [-0.3, -0.25) is 0 Å². The molecule has 0 spiro atoms. The van der Waals surface area contributed by atoms with Crippen LogP contribution in [-0.4, -0.2) is 9.97 Å². The molecule has 19 heavy (non-hydrogen) atoms. The second-order valence-corrected chi connectivity index (χ2v) is 6.02. The molecule has 0 fully saturated rings. The Morgan fingerprint density at radius 3 is 2.68 bits per heavy atom. The van der Waals surface area contributed by atoms with E-state index in [0.29, 0.717) is 5.15 Å². The molecule has 0 unspecified atom stereocenters. The summed E-state index contributed by atoms with van der Waals surface area (Å²) < 4.78 is 0. The largest absolute Gasteiger partial charge is 0.226 e. The molecular formula is C15H17ClN2S. The zero-order valence-corrected chi connectivity index (χ0v) is 13.0. The second kappa shape index (κ2) is 6.40. The van der Waals surface area contributed by atoms with Crippen LogP contribution in [-0.2, 0) is 6.42 Å². The van der Waals surface area contributed by atoms with Crippen LogP contribution in [0.4, 0.5) is 0 Å². The summed E-state index contributed by atoms with van der Waals surface area (Å²) in [5.74, 6) is 0.822. The second-order valence-electron chi connectivity index (χ2n) is 4.57. The Kier molecular flexibility index (Phi) is 4.83. The Morgan fingerprint density at radius 1 is 1.16 bits per heavy atom. The quantitative estimate of drug-likeness (QED) is 0.753. The van der Waals surface area contributed by atoms with E-state index in [1.165, 1.54) is 16.0 Å². The first-order valence-electron chi connectivity index (χ1n) is 6.37. The van der Waals surface area contributed by atoms with Crippen molar-refractivity contribution in [2.75, 3.05) is 0 Å². The predicted molar refractivity (Wildman–Crippen MR) is 81.1 cm³/mol. The summed E-state index contributed by atoms with van der Waals surface area (Å²) in [5, 5.41) is 1.43. The molecule has 0 N–H and O–H groups in total. The number of hydrogen-bond donors (Lipinski definition) is 0. The zero-order valence-electron chi connectivity index (χ0n) is 11.4. The van der Waals surface area contributed by atoms with Crippen molar-refractivity contribution in [1.29, 1.82) is 0 Å². The van der Waals surface area contributed by atoms with Crippen molar-refractivity contribution in [3.8, 4) is 0 Å². The Balaban J connectivity index is 2.29. The molecule has 2 rings (SSSR count). The van der Waals surface area contributed by atoms with Gasteiger partial charge in [-0.25, -0.2) is 9.97 Å². The Hall–Kier alpha value is -1.06. The summed E-state index contributed by atoms with van der Waals surface area (Å²) in [7, 11) is 0. The molecule has 1 heterocycles. The van der Waals surface area contributed by atoms with E-state index in [-0.39, 0.29) is 0 Å². The standard InChI is InChI=1S/C15H17ClN2S/c1-4-5-14-17-13(16)9-15(18-14)19-12-8-10(2)6-7-11(12)3/h6-9H,4-5H2,1-3H3. The number of aryl methyl sites for hydroxylation is 3. The van der Waals surface area contributed by atoms with Gasteiger partial charge in [0.2, 0.25) is 0 Å². The van der Waals surface area contributed by atoms with Crippen molar-refractivity contribution in [2.24, 2.45) is 0 Å². The van der Waals surface area contributed by atoms with Gasteiger partial charge in [0.25, 0.3) is 0 Å². The third-order valence-corrected chi connectivity index (χ3v) is 4.02. The summed E-state index contributed by atoms with van der Waals surface area (Å²) in [6, 6.07) is 8.25. The first-order chi connectivity index (χ1) is 9.08. The highest BCUT2D eigenvalue weighted by molar-refractivity contribution is 7.99. The minimum absolute atomic E-state index is 0.520. The van der Waals surface area contributed by atoms with Gasteiger partial charge < -0.3 is 0 Å². The molecule has 0 aliphatic rings. The zero-order chi connectivity index (χ0) is 13.8. The van der Waals surface area contributed by atoms with Gasteiger partial charge in [-0.2, -0.15) is 0 Å². The molecule has 0 amide bonds. The first kappa shape index (κ1) is 14.4. The molecule has 0 aliphatic heterocycles. The Labute approximate surface area is 123 Å². The van der Waals surface area contributed by atoms with E-state index in [9.17, 15) is 0 Å². The monoisotopic (exact) mass is 292 g/mol. The summed E-state index contributed by atoms with van der Waals surface area (Å²) >= 11 is 7.71. The average molecular weight is 293 g/mol. The van der Waals surface area contributed by atoms with Gasteiger partial charge in [-0.1, -0.05) is 42.4 Å². The molecule has 0 saturated carbocycles. The number of benzene rings is 1. The van der Waals surface area contributed by atoms with E-state index in [1.807, 2.05) is 6.07 Å². The number of halogens is 1. The summed E-state index contributed by atoms with van der Waals surface area (Å²) in [6.45, 7) is 6.32. The van der Waals surface area contributed by atoms with Crippen molar-refractivity contribution >= 4 is 23.4 Å². The minimum Gasteiger partial charge on any atom is -0.226 e. The highest BCUT2D eigenvalue weighted by atomic mass is 35.5. The third kappa shape index (κ3) is 3.95. The van der Waals surface area contributed by atoms with E-state index in [2.05, 4.69) is 48.9 Å². The fourth-order valence-electron chi connectivity index (χ4n) is 1.76. The predicted octanol–water partition coefficient (Wildman–Crippen LogP) is 4.85. The molecule has 4 heteroatoms. The molecule has 1 aromatic heterocycles. The van der Waals surface area contributed by atoms with Gasteiger partial charge in [0.05, 0.1) is 0 Å².